The standard InChI is InChI=1S/C21H18BrClN2O5S/c1-3-30-19-15(22)7-12(8-16(19)29-2)9-17-20(27)25(21(28)31-17)11-18(26)24-14-6-4-5-13(23)10-14/h4-10H,3,11H2,1-2H3,(H,24,26)/b17-9+. The lowest BCUT2D eigenvalue weighted by atomic mass is 10.2. The zero-order chi connectivity index (χ0) is 22.5. The van der Waals surface area contributed by atoms with Gasteiger partial charge in [-0.3, -0.25) is 19.3 Å². The van der Waals surface area contributed by atoms with Gasteiger partial charge in [0.25, 0.3) is 11.1 Å². The highest BCUT2D eigenvalue weighted by Gasteiger charge is 2.36. The molecular formula is C21H18BrClN2O5S. The number of imide groups is 1. The smallest absolute Gasteiger partial charge is 0.294 e. The normalized spacial score (nSPS) is 14.8. The summed E-state index contributed by atoms with van der Waals surface area (Å²) in [6, 6.07) is 10.1. The number of nitrogens with zero attached hydrogens (tertiary/aromatic N) is 1. The Hall–Kier alpha value is -2.49. The van der Waals surface area contributed by atoms with Crippen LogP contribution in [-0.2, 0) is 9.59 Å². The molecule has 7 nitrogen and oxygen atoms in total. The minimum Gasteiger partial charge on any atom is -0.493 e. The van der Waals surface area contributed by atoms with Crippen LogP contribution in [-0.4, -0.2) is 42.2 Å². The second-order valence-corrected chi connectivity index (χ2v) is 8.58. The van der Waals surface area contributed by atoms with Crippen LogP contribution in [0.3, 0.4) is 0 Å². The Morgan fingerprint density at radius 1 is 1.29 bits per heavy atom. The van der Waals surface area contributed by atoms with Gasteiger partial charge in [-0.05, 0) is 76.6 Å². The fourth-order valence-corrected chi connectivity index (χ4v) is 4.41. The van der Waals surface area contributed by atoms with Crippen molar-refractivity contribution in [2.24, 2.45) is 0 Å². The van der Waals surface area contributed by atoms with Gasteiger partial charge in [0, 0.05) is 10.7 Å². The second kappa shape index (κ2) is 10.2. The number of methoxy groups -OCH3 is 1. The first kappa shape index (κ1) is 23.2. The van der Waals surface area contributed by atoms with Crippen LogP contribution in [0.25, 0.3) is 6.08 Å². The lowest BCUT2D eigenvalue weighted by Gasteiger charge is -2.13. The molecule has 0 spiro atoms. The van der Waals surface area contributed by atoms with E-state index in [2.05, 4.69) is 21.2 Å². The van der Waals surface area contributed by atoms with Crippen molar-refractivity contribution < 1.29 is 23.9 Å². The van der Waals surface area contributed by atoms with Crippen molar-refractivity contribution >= 4 is 68.1 Å². The van der Waals surface area contributed by atoms with E-state index in [1.807, 2.05) is 6.92 Å². The molecule has 2 aromatic carbocycles. The fourth-order valence-electron chi connectivity index (χ4n) is 2.81. The van der Waals surface area contributed by atoms with Crippen LogP contribution in [0.4, 0.5) is 10.5 Å². The Labute approximate surface area is 196 Å². The monoisotopic (exact) mass is 524 g/mol. The van der Waals surface area contributed by atoms with Crippen molar-refractivity contribution in [3.05, 3.63) is 56.4 Å². The molecule has 3 amide bonds. The van der Waals surface area contributed by atoms with E-state index >= 15 is 0 Å². The van der Waals surface area contributed by atoms with Gasteiger partial charge in [0.2, 0.25) is 5.91 Å². The van der Waals surface area contributed by atoms with Gasteiger partial charge in [-0.25, -0.2) is 0 Å². The van der Waals surface area contributed by atoms with Gasteiger partial charge in [0.05, 0.1) is 23.1 Å². The largest absolute Gasteiger partial charge is 0.493 e. The maximum absolute atomic E-state index is 12.7. The summed E-state index contributed by atoms with van der Waals surface area (Å²) in [5, 5.41) is 2.56. The molecule has 1 heterocycles. The summed E-state index contributed by atoms with van der Waals surface area (Å²) >= 11 is 10.1. The molecule has 1 fully saturated rings. The van der Waals surface area contributed by atoms with Crippen molar-refractivity contribution in [3.63, 3.8) is 0 Å². The van der Waals surface area contributed by atoms with E-state index in [9.17, 15) is 14.4 Å². The van der Waals surface area contributed by atoms with Crippen LogP contribution in [0.5, 0.6) is 11.5 Å². The third-order valence-electron chi connectivity index (χ3n) is 4.12. The topological polar surface area (TPSA) is 84.9 Å². The van der Waals surface area contributed by atoms with E-state index in [4.69, 9.17) is 21.1 Å². The molecule has 0 atom stereocenters. The van der Waals surface area contributed by atoms with Gasteiger partial charge in [-0.2, -0.15) is 0 Å². The Bertz CT molecular complexity index is 1080. The van der Waals surface area contributed by atoms with Crippen LogP contribution < -0.4 is 14.8 Å². The van der Waals surface area contributed by atoms with Gasteiger partial charge >= 0.3 is 0 Å². The molecule has 1 aliphatic rings. The summed E-state index contributed by atoms with van der Waals surface area (Å²) < 4.78 is 11.6. The number of hydrogen-bond donors (Lipinski definition) is 1. The lowest BCUT2D eigenvalue weighted by Crippen LogP contribution is -2.36. The second-order valence-electron chi connectivity index (χ2n) is 6.29. The average molecular weight is 526 g/mol. The molecule has 10 heteroatoms. The first-order chi connectivity index (χ1) is 14.8. The average Bonchev–Trinajstić information content (AvgIpc) is 2.97. The van der Waals surface area contributed by atoms with Crippen LogP contribution in [0, 0.1) is 0 Å². The minimum absolute atomic E-state index is 0.207. The third kappa shape index (κ3) is 5.61. The molecule has 3 rings (SSSR count). The zero-order valence-electron chi connectivity index (χ0n) is 16.6. The summed E-state index contributed by atoms with van der Waals surface area (Å²) in [7, 11) is 1.51. The number of hydrogen-bond acceptors (Lipinski definition) is 6. The molecule has 1 N–H and O–H groups in total. The highest BCUT2D eigenvalue weighted by molar-refractivity contribution is 9.10. The van der Waals surface area contributed by atoms with E-state index in [-0.39, 0.29) is 4.91 Å². The van der Waals surface area contributed by atoms with E-state index in [0.29, 0.717) is 38.9 Å². The number of anilines is 1. The van der Waals surface area contributed by atoms with Crippen LogP contribution >= 0.6 is 39.3 Å². The number of ether oxygens (including phenoxy) is 2. The zero-order valence-corrected chi connectivity index (χ0v) is 19.8. The number of amides is 3. The van der Waals surface area contributed by atoms with Crippen molar-refractivity contribution in [3.8, 4) is 11.5 Å². The van der Waals surface area contributed by atoms with E-state index < -0.39 is 23.6 Å². The summed E-state index contributed by atoms with van der Waals surface area (Å²) in [4.78, 5) is 38.5. The molecule has 162 valence electrons. The maximum Gasteiger partial charge on any atom is 0.294 e. The van der Waals surface area contributed by atoms with Gasteiger partial charge in [0.1, 0.15) is 6.54 Å². The Balaban J connectivity index is 1.76. The molecule has 0 bridgehead atoms. The van der Waals surface area contributed by atoms with Crippen LogP contribution in [0.1, 0.15) is 12.5 Å². The van der Waals surface area contributed by atoms with Crippen molar-refractivity contribution in [2.75, 3.05) is 25.6 Å². The lowest BCUT2D eigenvalue weighted by molar-refractivity contribution is -0.127. The van der Waals surface area contributed by atoms with E-state index in [1.54, 1.807) is 42.5 Å². The highest BCUT2D eigenvalue weighted by atomic mass is 79.9. The Morgan fingerprint density at radius 2 is 2.06 bits per heavy atom. The van der Waals surface area contributed by atoms with Gasteiger partial charge in [0.15, 0.2) is 11.5 Å². The molecule has 0 aromatic heterocycles. The number of carbonyl (C=O) groups is 3. The molecule has 0 radical (unpaired) electrons. The Kier molecular flexibility index (Phi) is 7.64. The number of carbonyl (C=O) groups excluding carboxylic acids is 3. The van der Waals surface area contributed by atoms with Crippen molar-refractivity contribution in [1.29, 1.82) is 0 Å². The molecule has 1 aliphatic heterocycles. The highest BCUT2D eigenvalue weighted by Crippen LogP contribution is 2.39. The molecule has 2 aromatic rings. The number of halogens is 2. The fraction of sp³-hybridized carbons (Fsp3) is 0.190. The first-order valence-electron chi connectivity index (χ1n) is 9.13. The van der Waals surface area contributed by atoms with E-state index in [0.717, 1.165) is 16.7 Å². The van der Waals surface area contributed by atoms with Crippen LogP contribution in [0.2, 0.25) is 5.02 Å². The number of thioether (sulfide) groups is 1. The van der Waals surface area contributed by atoms with Crippen LogP contribution in [0.15, 0.2) is 45.8 Å². The molecule has 1 saturated heterocycles. The quantitative estimate of drug-likeness (QED) is 0.501. The first-order valence-corrected chi connectivity index (χ1v) is 11.1. The molecule has 0 saturated carbocycles. The molecule has 31 heavy (non-hydrogen) atoms. The Morgan fingerprint density at radius 3 is 2.74 bits per heavy atom. The summed E-state index contributed by atoms with van der Waals surface area (Å²) in [5.74, 6) is -0.00735. The molecular weight excluding hydrogens is 508 g/mol. The predicted octanol–water partition coefficient (Wildman–Crippen LogP) is 5.18. The number of nitrogens with one attached hydrogen (secondary N) is 1. The molecule has 0 aliphatic carbocycles. The van der Waals surface area contributed by atoms with Gasteiger partial charge in [-0.15, -0.1) is 0 Å². The third-order valence-corrected chi connectivity index (χ3v) is 5.85. The summed E-state index contributed by atoms with van der Waals surface area (Å²) in [5.41, 5.74) is 1.12. The summed E-state index contributed by atoms with van der Waals surface area (Å²) in [6.07, 6.45) is 1.57. The number of benzene rings is 2. The van der Waals surface area contributed by atoms with Gasteiger partial charge < -0.3 is 14.8 Å². The predicted molar refractivity (Wildman–Crippen MR) is 125 cm³/mol. The van der Waals surface area contributed by atoms with Crippen molar-refractivity contribution in [1.82, 2.24) is 4.90 Å². The molecule has 0 unspecified atom stereocenters. The van der Waals surface area contributed by atoms with E-state index in [1.165, 1.54) is 7.11 Å². The number of rotatable bonds is 7. The van der Waals surface area contributed by atoms with Gasteiger partial charge in [-0.1, -0.05) is 17.7 Å². The maximum atomic E-state index is 12.7. The SMILES string of the molecule is CCOc1c(Br)cc(/C=C2/SC(=O)N(CC(=O)Nc3cccc(Cl)c3)C2=O)cc1OC. The van der Waals surface area contributed by atoms with Crippen molar-refractivity contribution in [2.45, 2.75) is 6.92 Å². The summed E-state index contributed by atoms with van der Waals surface area (Å²) in [6.45, 7) is 1.92. The minimum atomic E-state index is -0.541.